The van der Waals surface area contributed by atoms with Crippen molar-refractivity contribution < 1.29 is 28.3 Å². The number of Topliss-reactive ketones (excluding diaryl/α,β-unsaturated/α-hetero) is 1. The summed E-state index contributed by atoms with van der Waals surface area (Å²) in [5.41, 5.74) is -0.331. The van der Waals surface area contributed by atoms with Gasteiger partial charge in [-0.2, -0.15) is 0 Å². The Labute approximate surface area is 181 Å². The summed E-state index contributed by atoms with van der Waals surface area (Å²) in [6.45, 7) is 0.140. The van der Waals surface area contributed by atoms with Crippen LogP contribution < -0.4 is 10.6 Å². The first-order valence-electron chi connectivity index (χ1n) is 9.91. The molecular formula is C21H20ClF2N3O4. The molecule has 1 aliphatic heterocycles. The number of anilines is 1. The van der Waals surface area contributed by atoms with E-state index in [4.69, 9.17) is 11.6 Å². The van der Waals surface area contributed by atoms with Gasteiger partial charge in [0.05, 0.1) is 22.7 Å². The van der Waals surface area contributed by atoms with E-state index in [1.807, 2.05) is 0 Å². The number of benzene rings is 1. The fraction of sp³-hybridized carbons (Fsp3) is 0.381. The fourth-order valence-electron chi connectivity index (χ4n) is 4.10. The van der Waals surface area contributed by atoms with Crippen molar-refractivity contribution in [3.8, 4) is 0 Å². The summed E-state index contributed by atoms with van der Waals surface area (Å²) in [4.78, 5) is 38.4. The molecule has 2 amide bonds. The van der Waals surface area contributed by atoms with Crippen molar-refractivity contribution in [1.82, 2.24) is 9.88 Å². The topological polar surface area (TPSA) is 100 Å². The number of hydrogen-bond acceptors (Lipinski definition) is 4. The van der Waals surface area contributed by atoms with Crippen LogP contribution in [0.2, 0.25) is 5.02 Å². The second-order valence-corrected chi connectivity index (χ2v) is 8.28. The number of aliphatic hydroxyl groups excluding tert-OH is 1. The summed E-state index contributed by atoms with van der Waals surface area (Å²) in [5.74, 6) is -4.64. The van der Waals surface area contributed by atoms with Gasteiger partial charge in [-0.15, -0.1) is 0 Å². The average Bonchev–Trinajstić information content (AvgIpc) is 3.26. The van der Waals surface area contributed by atoms with E-state index in [9.17, 15) is 28.3 Å². The van der Waals surface area contributed by atoms with E-state index in [2.05, 4.69) is 10.6 Å². The highest BCUT2D eigenvalue weighted by Crippen LogP contribution is 2.35. The van der Waals surface area contributed by atoms with Crippen LogP contribution in [0.1, 0.15) is 52.2 Å². The Morgan fingerprint density at radius 1 is 1.16 bits per heavy atom. The first-order valence-corrected chi connectivity index (χ1v) is 10.3. The van der Waals surface area contributed by atoms with E-state index in [-0.39, 0.29) is 28.6 Å². The van der Waals surface area contributed by atoms with Crippen LogP contribution in [0.25, 0.3) is 0 Å². The Morgan fingerprint density at radius 2 is 1.90 bits per heavy atom. The molecule has 0 unspecified atom stereocenters. The molecule has 31 heavy (non-hydrogen) atoms. The standard InChI is InChI=1S/C21H20ClF2N3O4/c22-16-15(19(30)25-11-4-5-12(23)13(24)9-11)14-3-1-8-27(14)17(16)18(29)20(31)26-21(10-28)6-2-7-21/h4-5,9,28H,1-3,6-8,10H2,(H,25,30)(H,26,31). The predicted octanol–water partition coefficient (Wildman–Crippen LogP) is 2.83. The van der Waals surface area contributed by atoms with E-state index >= 15 is 0 Å². The molecule has 1 saturated carbocycles. The zero-order valence-corrected chi connectivity index (χ0v) is 17.2. The number of ketones is 1. The van der Waals surface area contributed by atoms with Crippen molar-refractivity contribution in [3.05, 3.63) is 51.8 Å². The molecule has 0 atom stereocenters. The van der Waals surface area contributed by atoms with Gasteiger partial charge in [-0.05, 0) is 44.2 Å². The van der Waals surface area contributed by atoms with Crippen molar-refractivity contribution in [2.45, 2.75) is 44.2 Å². The quantitative estimate of drug-likeness (QED) is 0.464. The normalized spacial score (nSPS) is 16.4. The number of carbonyl (C=O) groups is 3. The summed E-state index contributed by atoms with van der Waals surface area (Å²) < 4.78 is 28.2. The van der Waals surface area contributed by atoms with Crippen LogP contribution >= 0.6 is 11.6 Å². The van der Waals surface area contributed by atoms with Crippen LogP contribution in [-0.2, 0) is 17.8 Å². The number of aromatic nitrogens is 1. The Hall–Kier alpha value is -2.78. The molecule has 0 saturated heterocycles. The molecule has 3 N–H and O–H groups in total. The molecule has 0 spiro atoms. The Balaban J connectivity index is 1.63. The lowest BCUT2D eigenvalue weighted by atomic mass is 9.77. The number of carbonyl (C=O) groups excluding carboxylic acids is 3. The lowest BCUT2D eigenvalue weighted by molar-refractivity contribution is -0.120. The highest BCUT2D eigenvalue weighted by atomic mass is 35.5. The molecule has 0 bridgehead atoms. The molecule has 1 aromatic heterocycles. The number of nitrogens with zero attached hydrogens (tertiary/aromatic N) is 1. The van der Waals surface area contributed by atoms with Crippen molar-refractivity contribution in [2.75, 3.05) is 11.9 Å². The van der Waals surface area contributed by atoms with E-state index in [0.717, 1.165) is 18.6 Å². The van der Waals surface area contributed by atoms with Crippen LogP contribution in [0.4, 0.5) is 14.5 Å². The minimum atomic E-state index is -1.12. The Morgan fingerprint density at radius 3 is 2.52 bits per heavy atom. The number of halogens is 3. The zero-order chi connectivity index (χ0) is 22.3. The predicted molar refractivity (Wildman–Crippen MR) is 108 cm³/mol. The fourth-order valence-corrected chi connectivity index (χ4v) is 4.48. The average molecular weight is 452 g/mol. The van der Waals surface area contributed by atoms with Crippen LogP contribution in [-0.4, -0.2) is 39.4 Å². The van der Waals surface area contributed by atoms with Gasteiger partial charge in [-0.1, -0.05) is 11.6 Å². The van der Waals surface area contributed by atoms with Gasteiger partial charge in [0.25, 0.3) is 17.6 Å². The van der Waals surface area contributed by atoms with Gasteiger partial charge >= 0.3 is 0 Å². The Bertz CT molecular complexity index is 1090. The van der Waals surface area contributed by atoms with Crippen LogP contribution in [0.5, 0.6) is 0 Å². The van der Waals surface area contributed by atoms with Crippen molar-refractivity contribution >= 4 is 34.9 Å². The molecule has 1 aromatic carbocycles. The maximum absolute atomic E-state index is 13.5. The number of aliphatic hydroxyl groups is 1. The number of rotatable bonds is 6. The summed E-state index contributed by atoms with van der Waals surface area (Å²) in [7, 11) is 0. The zero-order valence-electron chi connectivity index (χ0n) is 16.4. The number of amides is 2. The maximum Gasteiger partial charge on any atom is 0.294 e. The SMILES string of the molecule is O=C(NC1(CO)CCC1)C(=O)c1c(Cl)c(C(=O)Nc2ccc(F)c(F)c2)c2n1CCC2. The molecule has 0 radical (unpaired) electrons. The summed E-state index contributed by atoms with van der Waals surface area (Å²) in [6.07, 6.45) is 3.11. The van der Waals surface area contributed by atoms with Crippen molar-refractivity contribution in [3.63, 3.8) is 0 Å². The molecular weight excluding hydrogens is 432 g/mol. The van der Waals surface area contributed by atoms with Crippen molar-refractivity contribution in [1.29, 1.82) is 0 Å². The maximum atomic E-state index is 13.5. The van der Waals surface area contributed by atoms with Gasteiger partial charge < -0.3 is 20.3 Å². The van der Waals surface area contributed by atoms with Crippen molar-refractivity contribution in [2.24, 2.45) is 0 Å². The Kier molecular flexibility index (Phi) is 5.57. The highest BCUT2D eigenvalue weighted by molar-refractivity contribution is 6.48. The van der Waals surface area contributed by atoms with E-state index < -0.39 is 34.8 Å². The third-order valence-corrected chi connectivity index (χ3v) is 6.29. The van der Waals surface area contributed by atoms with E-state index in [1.165, 1.54) is 6.07 Å². The molecule has 164 valence electrons. The van der Waals surface area contributed by atoms with E-state index in [0.29, 0.717) is 37.9 Å². The van der Waals surface area contributed by atoms with Crippen LogP contribution in [0, 0.1) is 11.6 Å². The van der Waals surface area contributed by atoms with Crippen LogP contribution in [0.3, 0.4) is 0 Å². The molecule has 10 heteroatoms. The molecule has 2 aliphatic rings. The third-order valence-electron chi connectivity index (χ3n) is 5.92. The smallest absolute Gasteiger partial charge is 0.294 e. The number of fused-ring (bicyclic) bond motifs is 1. The monoisotopic (exact) mass is 451 g/mol. The lowest BCUT2D eigenvalue weighted by Gasteiger charge is -2.40. The lowest BCUT2D eigenvalue weighted by Crippen LogP contribution is -2.57. The molecule has 2 aromatic rings. The van der Waals surface area contributed by atoms with Gasteiger partial charge in [0.1, 0.15) is 5.69 Å². The first kappa shape index (κ1) is 21.5. The van der Waals surface area contributed by atoms with Gasteiger partial charge in [-0.25, -0.2) is 8.78 Å². The number of hydrogen-bond donors (Lipinski definition) is 3. The minimum absolute atomic E-state index is 0.0263. The number of nitrogens with one attached hydrogen (secondary N) is 2. The largest absolute Gasteiger partial charge is 0.394 e. The molecule has 1 fully saturated rings. The van der Waals surface area contributed by atoms with Gasteiger partial charge in [0, 0.05) is 24.0 Å². The minimum Gasteiger partial charge on any atom is -0.394 e. The molecule has 1 aliphatic carbocycles. The van der Waals surface area contributed by atoms with Crippen LogP contribution in [0.15, 0.2) is 18.2 Å². The summed E-state index contributed by atoms with van der Waals surface area (Å²) in [6, 6.07) is 2.92. The van der Waals surface area contributed by atoms with E-state index in [1.54, 1.807) is 4.57 Å². The highest BCUT2D eigenvalue weighted by Gasteiger charge is 2.41. The second-order valence-electron chi connectivity index (χ2n) is 7.90. The van der Waals surface area contributed by atoms with Gasteiger partial charge in [0.2, 0.25) is 0 Å². The third kappa shape index (κ3) is 3.72. The second kappa shape index (κ2) is 8.05. The molecule has 2 heterocycles. The summed E-state index contributed by atoms with van der Waals surface area (Å²) >= 11 is 6.39. The summed E-state index contributed by atoms with van der Waals surface area (Å²) in [5, 5.41) is 14.4. The van der Waals surface area contributed by atoms with Gasteiger partial charge in [-0.3, -0.25) is 14.4 Å². The van der Waals surface area contributed by atoms with Gasteiger partial charge in [0.15, 0.2) is 11.6 Å². The first-order chi connectivity index (χ1) is 14.8. The molecule has 7 nitrogen and oxygen atoms in total. The molecule has 4 rings (SSSR count).